The second kappa shape index (κ2) is 5.74. The smallest absolute Gasteiger partial charge is 0.186 e. The van der Waals surface area contributed by atoms with Crippen molar-refractivity contribution in [2.75, 3.05) is 13.2 Å². The van der Waals surface area contributed by atoms with Crippen molar-refractivity contribution in [3.8, 4) is 0 Å². The van der Waals surface area contributed by atoms with Crippen molar-refractivity contribution in [2.24, 2.45) is 0 Å². The van der Waals surface area contributed by atoms with Crippen LogP contribution in [0.25, 0.3) is 0 Å². The molecule has 0 aromatic carbocycles. The Bertz CT molecular complexity index is 214. The van der Waals surface area contributed by atoms with E-state index in [4.69, 9.17) is 16.0 Å². The van der Waals surface area contributed by atoms with Crippen LogP contribution in [-0.4, -0.2) is 64.3 Å². The third kappa shape index (κ3) is 2.87. The molecule has 0 aromatic heterocycles. The zero-order valence-corrected chi connectivity index (χ0v) is 8.48. The van der Waals surface area contributed by atoms with E-state index in [-0.39, 0.29) is 0 Å². The van der Waals surface area contributed by atoms with Crippen molar-refractivity contribution in [1.29, 1.82) is 0 Å². The summed E-state index contributed by atoms with van der Waals surface area (Å²) in [7, 11) is 0. The van der Waals surface area contributed by atoms with E-state index in [2.05, 4.69) is 0 Å². The Hall–Kier alpha value is -0.240. The van der Waals surface area contributed by atoms with Crippen molar-refractivity contribution < 1.29 is 31.3 Å². The van der Waals surface area contributed by atoms with Gasteiger partial charge in [-0.1, -0.05) is 6.92 Å². The molecule has 0 saturated carbocycles. The Labute approximate surface area is 89.5 Å². The van der Waals surface area contributed by atoms with Gasteiger partial charge in [-0.3, -0.25) is 0 Å². The van der Waals surface area contributed by atoms with E-state index in [1.54, 1.807) is 6.92 Å². The van der Waals surface area contributed by atoms with Gasteiger partial charge in [-0.2, -0.15) is 0 Å². The molecule has 0 aromatic rings. The first-order chi connectivity index (χ1) is 7.51. The quantitative estimate of drug-likeness (QED) is 0.449. The zero-order valence-electron chi connectivity index (χ0n) is 9.48. The van der Waals surface area contributed by atoms with Crippen molar-refractivity contribution in [2.45, 2.75) is 44.1 Å². The molecule has 0 spiro atoms. The van der Waals surface area contributed by atoms with Crippen LogP contribution in [0.2, 0.25) is 0 Å². The lowest BCUT2D eigenvalue weighted by Crippen LogP contribution is -2.59. The molecule has 1 aliphatic rings. The van der Waals surface area contributed by atoms with E-state index >= 15 is 0 Å². The first-order valence-corrected chi connectivity index (χ1v) is 4.89. The van der Waals surface area contributed by atoms with E-state index in [1.165, 1.54) is 0 Å². The Kier molecular flexibility index (Phi) is 4.30. The minimum absolute atomic E-state index is 0.398. The summed E-state index contributed by atoms with van der Waals surface area (Å²) in [6.07, 6.45) is -6.09. The molecule has 1 heterocycles. The molecule has 15 heavy (non-hydrogen) atoms. The summed E-state index contributed by atoms with van der Waals surface area (Å²) in [5.74, 6) is 0. The molecule has 2 unspecified atom stereocenters. The van der Waals surface area contributed by atoms with Crippen LogP contribution >= 0.6 is 0 Å². The van der Waals surface area contributed by atoms with Crippen molar-refractivity contribution >= 4 is 0 Å². The summed E-state index contributed by atoms with van der Waals surface area (Å²) < 4.78 is 17.4. The summed E-state index contributed by atoms with van der Waals surface area (Å²) in [4.78, 5) is 0. The molecule has 0 aliphatic carbocycles. The predicted octanol–water partition coefficient (Wildman–Crippen LogP) is -1.79. The molecule has 6 nitrogen and oxygen atoms in total. The van der Waals surface area contributed by atoms with Gasteiger partial charge in [0.2, 0.25) is 0 Å². The van der Waals surface area contributed by atoms with Gasteiger partial charge >= 0.3 is 0 Å². The summed E-state index contributed by atoms with van der Waals surface area (Å²) in [6.45, 7) is 0.336. The highest BCUT2D eigenvalue weighted by Gasteiger charge is 2.43. The van der Waals surface area contributed by atoms with Crippen molar-refractivity contribution in [1.82, 2.24) is 0 Å². The van der Waals surface area contributed by atoms with Crippen molar-refractivity contribution in [3.05, 3.63) is 0 Å². The number of hydrogen-bond donors (Lipinski definition) is 4. The molecular weight excluding hydrogens is 204 g/mol. The van der Waals surface area contributed by atoms with Crippen LogP contribution in [0.5, 0.6) is 0 Å². The molecule has 0 radical (unpaired) electrons. The third-order valence-electron chi connectivity index (χ3n) is 2.25. The Balaban J connectivity index is 2.63. The maximum atomic E-state index is 9.54. The van der Waals surface area contributed by atoms with Crippen LogP contribution in [0, 0.1) is 0 Å². The highest BCUT2D eigenvalue weighted by Crippen LogP contribution is 2.21. The second-order valence-corrected chi connectivity index (χ2v) is 3.41. The normalized spacial score (nSPS) is 44.9. The minimum atomic E-state index is -1.46. The average molecular weight is 223 g/mol. The number of ether oxygens (including phenoxy) is 2. The van der Waals surface area contributed by atoms with Gasteiger partial charge in [-0.15, -0.1) is 0 Å². The minimum Gasteiger partial charge on any atom is -0.394 e. The molecule has 0 bridgehead atoms. The second-order valence-electron chi connectivity index (χ2n) is 3.41. The number of hydrogen-bond acceptors (Lipinski definition) is 6. The van der Waals surface area contributed by atoms with Crippen LogP contribution in [0.3, 0.4) is 0 Å². The van der Waals surface area contributed by atoms with Gasteiger partial charge in [0, 0.05) is 6.58 Å². The molecule has 4 N–H and O–H groups in total. The first kappa shape index (κ1) is 11.3. The maximum absolute atomic E-state index is 9.54. The van der Waals surface area contributed by atoms with Crippen LogP contribution in [0.15, 0.2) is 0 Å². The Morgan fingerprint density at radius 1 is 1.27 bits per heavy atom. The van der Waals surface area contributed by atoms with E-state index in [9.17, 15) is 15.3 Å². The molecule has 6 heteroatoms. The lowest BCUT2D eigenvalue weighted by molar-refractivity contribution is -0.300. The van der Waals surface area contributed by atoms with Gasteiger partial charge in [0.15, 0.2) is 6.29 Å². The van der Waals surface area contributed by atoms with E-state index in [1.807, 2.05) is 0 Å². The first-order valence-electron chi connectivity index (χ1n) is 5.47. The zero-order chi connectivity index (χ0) is 12.3. The lowest BCUT2D eigenvalue weighted by atomic mass is 9.99. The topological polar surface area (TPSA) is 99.4 Å². The summed E-state index contributed by atoms with van der Waals surface area (Å²) >= 11 is 0. The highest BCUT2D eigenvalue weighted by atomic mass is 16.7. The maximum Gasteiger partial charge on any atom is 0.186 e. The van der Waals surface area contributed by atoms with Gasteiger partial charge in [-0.25, -0.2) is 0 Å². The van der Waals surface area contributed by atoms with Crippen LogP contribution in [0.1, 0.15) is 14.7 Å². The summed E-state index contributed by atoms with van der Waals surface area (Å²) in [5.41, 5.74) is 0. The van der Waals surface area contributed by atoms with Gasteiger partial charge in [-0.05, 0) is 6.42 Å². The molecular formula is C9H18O6. The number of aliphatic hydroxyl groups is 4. The standard InChI is InChI=1S/C9H18O6/c1-2-3-14-9-8(13)7(12)6(11)5(4-10)15-9/h5-13H,2-4H2,1H3/t5-,6-,7+,8-,9?/m1/s1/i3D/t3?,5-,6-,7+,8-,9?. The van der Waals surface area contributed by atoms with Gasteiger partial charge in [0.1, 0.15) is 24.4 Å². The fourth-order valence-corrected chi connectivity index (χ4v) is 1.37. The lowest BCUT2D eigenvalue weighted by Gasteiger charge is -2.39. The third-order valence-corrected chi connectivity index (χ3v) is 2.25. The number of aliphatic hydroxyl groups excluding tert-OH is 4. The molecule has 1 saturated heterocycles. The molecule has 6 atom stereocenters. The van der Waals surface area contributed by atoms with E-state index < -0.39 is 43.9 Å². The fraction of sp³-hybridized carbons (Fsp3) is 1.00. The van der Waals surface area contributed by atoms with Gasteiger partial charge in [0.05, 0.1) is 7.98 Å². The molecule has 1 fully saturated rings. The summed E-state index contributed by atoms with van der Waals surface area (Å²) in [5, 5.41) is 37.3. The van der Waals surface area contributed by atoms with Gasteiger partial charge in [0.25, 0.3) is 0 Å². The van der Waals surface area contributed by atoms with Crippen LogP contribution in [-0.2, 0) is 9.47 Å². The molecule has 0 amide bonds. The molecule has 1 rings (SSSR count). The molecule has 1 aliphatic heterocycles. The average Bonchev–Trinajstić information content (AvgIpc) is 2.29. The van der Waals surface area contributed by atoms with E-state index in [0.717, 1.165) is 0 Å². The fourth-order valence-electron chi connectivity index (χ4n) is 1.37. The van der Waals surface area contributed by atoms with Crippen LogP contribution in [0.4, 0.5) is 0 Å². The monoisotopic (exact) mass is 223 g/mol. The SMILES string of the molecule is [2H]C(CC)OC1O[C@H](CO)[C@@H](O)[C@H](O)[C@H]1O. The van der Waals surface area contributed by atoms with Crippen LogP contribution < -0.4 is 0 Å². The number of rotatable bonds is 4. The highest BCUT2D eigenvalue weighted by molar-refractivity contribution is 4.88. The van der Waals surface area contributed by atoms with Gasteiger partial charge < -0.3 is 29.9 Å². The van der Waals surface area contributed by atoms with Crippen molar-refractivity contribution in [3.63, 3.8) is 0 Å². The van der Waals surface area contributed by atoms with E-state index in [0.29, 0.717) is 6.42 Å². The Morgan fingerprint density at radius 2 is 1.93 bits per heavy atom. The summed E-state index contributed by atoms with van der Waals surface area (Å²) in [6, 6.07) is 0. The largest absolute Gasteiger partial charge is 0.394 e. The predicted molar refractivity (Wildman–Crippen MR) is 50.0 cm³/mol. The Morgan fingerprint density at radius 3 is 2.47 bits per heavy atom. The molecule has 90 valence electrons.